The number of benzene rings is 4. The summed E-state index contributed by atoms with van der Waals surface area (Å²) >= 11 is 24.2. The van der Waals surface area contributed by atoms with Gasteiger partial charge in [-0.3, -0.25) is 19.2 Å². The van der Waals surface area contributed by atoms with Gasteiger partial charge in [-0.1, -0.05) is 88.4 Å². The van der Waals surface area contributed by atoms with Crippen LogP contribution in [-0.2, 0) is 20.8 Å². The summed E-state index contributed by atoms with van der Waals surface area (Å²) in [6.45, 7) is 3.48. The van der Waals surface area contributed by atoms with E-state index in [1.165, 1.54) is 36.4 Å². The zero-order valence-corrected chi connectivity index (χ0v) is 27.7. The van der Waals surface area contributed by atoms with E-state index in [0.29, 0.717) is 11.1 Å². The van der Waals surface area contributed by atoms with Crippen LogP contribution in [-0.4, -0.2) is 33.6 Å². The highest BCUT2D eigenvalue weighted by Crippen LogP contribution is 2.47. The quantitative estimate of drug-likeness (QED) is 0.152. The minimum atomic E-state index is -2.16. The number of hydrogen-bond acceptors (Lipinski definition) is 6. The van der Waals surface area contributed by atoms with Crippen LogP contribution >= 0.6 is 46.4 Å². The molecule has 47 heavy (non-hydrogen) atoms. The van der Waals surface area contributed by atoms with Gasteiger partial charge in [0.25, 0.3) is 11.8 Å². The Bertz CT molecular complexity index is 1990. The topological polar surface area (TPSA) is 133 Å². The Hall–Kier alpha value is -3.83. The fourth-order valence-electron chi connectivity index (χ4n) is 5.33. The normalized spacial score (nSPS) is 19.3. The summed E-state index contributed by atoms with van der Waals surface area (Å²) in [4.78, 5) is 49.4. The molecule has 0 aromatic heterocycles. The van der Waals surface area contributed by atoms with E-state index < -0.39 is 47.5 Å². The van der Waals surface area contributed by atoms with E-state index in [2.05, 4.69) is 10.6 Å². The van der Waals surface area contributed by atoms with Gasteiger partial charge in [0.15, 0.2) is 22.8 Å². The number of halogens is 5. The molecule has 0 aliphatic carbocycles. The molecule has 0 fully saturated rings. The number of aliphatic hydroxyl groups is 2. The third kappa shape index (κ3) is 6.39. The first-order valence-corrected chi connectivity index (χ1v) is 15.5. The molecule has 2 atom stereocenters. The number of amides is 2. The number of fused-ring (bicyclic) bond motifs is 2. The number of anilines is 2. The number of nitrogens with one attached hydrogen (secondary N) is 2. The molecule has 0 spiro atoms. The first-order chi connectivity index (χ1) is 22.1. The summed E-state index contributed by atoms with van der Waals surface area (Å²) in [7, 11) is 0. The Balaban J connectivity index is 0.000000185. The van der Waals surface area contributed by atoms with Crippen molar-refractivity contribution in [2.45, 2.75) is 37.9 Å². The molecule has 6 rings (SSSR count). The van der Waals surface area contributed by atoms with E-state index in [4.69, 9.17) is 46.4 Å². The highest BCUT2D eigenvalue weighted by Gasteiger charge is 2.50. The van der Waals surface area contributed by atoms with Crippen molar-refractivity contribution in [3.63, 3.8) is 0 Å². The van der Waals surface area contributed by atoms with Crippen LogP contribution in [0, 0.1) is 19.7 Å². The Morgan fingerprint density at radius 2 is 1.06 bits per heavy atom. The molecule has 8 nitrogen and oxygen atoms in total. The number of carbonyl (C=O) groups is 4. The lowest BCUT2D eigenvalue weighted by molar-refractivity contribution is -0.133. The van der Waals surface area contributed by atoms with Crippen molar-refractivity contribution in [1.29, 1.82) is 0 Å². The molecule has 4 aromatic rings. The van der Waals surface area contributed by atoms with E-state index >= 15 is 0 Å². The van der Waals surface area contributed by atoms with Gasteiger partial charge in [0, 0.05) is 32.3 Å². The number of Topliss-reactive ketones (excluding diaryl/α,β-unsaturated/α-hetero) is 2. The van der Waals surface area contributed by atoms with E-state index in [-0.39, 0.29) is 53.9 Å². The van der Waals surface area contributed by atoms with Gasteiger partial charge < -0.3 is 20.8 Å². The predicted molar refractivity (Wildman–Crippen MR) is 178 cm³/mol. The van der Waals surface area contributed by atoms with Crippen LogP contribution in [0.4, 0.5) is 15.8 Å². The van der Waals surface area contributed by atoms with Crippen LogP contribution in [0.1, 0.15) is 55.8 Å². The Morgan fingerprint density at radius 3 is 1.51 bits per heavy atom. The molecule has 2 heterocycles. The fourth-order valence-corrected chi connectivity index (χ4v) is 6.37. The zero-order valence-electron chi connectivity index (χ0n) is 24.7. The number of carbonyl (C=O) groups excluding carboxylic acids is 4. The molecular formula is C34H25Cl4FN2O6. The summed E-state index contributed by atoms with van der Waals surface area (Å²) in [6.07, 6.45) is -0.983. The number of aryl methyl sites for hydroxylation is 2. The highest BCUT2D eigenvalue weighted by atomic mass is 35.5. The first-order valence-electron chi connectivity index (χ1n) is 14.0. The molecule has 2 amide bonds. The van der Waals surface area contributed by atoms with Gasteiger partial charge in [-0.15, -0.1) is 0 Å². The van der Waals surface area contributed by atoms with Gasteiger partial charge in [0.05, 0.1) is 34.3 Å². The minimum Gasteiger partial charge on any atom is -0.375 e. The summed E-state index contributed by atoms with van der Waals surface area (Å²) in [5.74, 6) is -2.98. The maximum absolute atomic E-state index is 13.6. The van der Waals surface area contributed by atoms with Gasteiger partial charge in [0.2, 0.25) is 0 Å². The third-order valence-corrected chi connectivity index (χ3v) is 9.22. The maximum atomic E-state index is 13.6. The fraction of sp³-hybridized carbons (Fsp3) is 0.176. The molecule has 242 valence electrons. The third-order valence-electron chi connectivity index (χ3n) is 7.96. The van der Waals surface area contributed by atoms with Gasteiger partial charge >= 0.3 is 0 Å². The van der Waals surface area contributed by atoms with Crippen molar-refractivity contribution >= 4 is 81.2 Å². The van der Waals surface area contributed by atoms with Crippen molar-refractivity contribution < 1.29 is 33.8 Å². The molecule has 13 heteroatoms. The van der Waals surface area contributed by atoms with Crippen molar-refractivity contribution in [3.05, 3.63) is 126 Å². The van der Waals surface area contributed by atoms with Crippen molar-refractivity contribution in [1.82, 2.24) is 0 Å². The molecular weight excluding hydrogens is 693 g/mol. The van der Waals surface area contributed by atoms with Crippen molar-refractivity contribution in [2.24, 2.45) is 0 Å². The van der Waals surface area contributed by atoms with Crippen LogP contribution in [0.2, 0.25) is 20.1 Å². The SMILES string of the molecule is Cc1ccc(C(=O)CC2(O)C(=O)Nc3c(Cl)ccc(Cl)c32)cc1.Cc1ccc(C(=O)CC2(O)C(=O)Nc3c(Cl)ccc(Cl)c32)cc1F. The average molecular weight is 718 g/mol. The molecule has 2 unspecified atom stereocenters. The first kappa shape index (κ1) is 34.5. The summed E-state index contributed by atoms with van der Waals surface area (Å²) in [5, 5.41) is 27.3. The lowest BCUT2D eigenvalue weighted by Crippen LogP contribution is -2.36. The molecule has 0 bridgehead atoms. The molecule has 4 aromatic carbocycles. The molecule has 0 saturated heterocycles. The van der Waals surface area contributed by atoms with Gasteiger partial charge in [0.1, 0.15) is 5.82 Å². The van der Waals surface area contributed by atoms with Gasteiger partial charge in [-0.25, -0.2) is 4.39 Å². The predicted octanol–water partition coefficient (Wildman–Crippen LogP) is 7.57. The minimum absolute atomic E-state index is 0.0580. The Kier molecular flexibility index (Phi) is 9.54. The van der Waals surface area contributed by atoms with E-state index in [1.807, 2.05) is 6.92 Å². The van der Waals surface area contributed by atoms with Crippen molar-refractivity contribution in [2.75, 3.05) is 10.6 Å². The van der Waals surface area contributed by atoms with E-state index in [9.17, 15) is 33.8 Å². The summed E-state index contributed by atoms with van der Waals surface area (Å²) in [6, 6.07) is 16.8. The zero-order chi connectivity index (χ0) is 34.4. The Labute approximate surface area is 288 Å². The second-order valence-corrected chi connectivity index (χ2v) is 12.8. The average Bonchev–Trinajstić information content (AvgIpc) is 3.44. The van der Waals surface area contributed by atoms with Crippen LogP contribution in [0.5, 0.6) is 0 Å². The summed E-state index contributed by atoms with van der Waals surface area (Å²) < 4.78 is 13.6. The number of ketones is 2. The smallest absolute Gasteiger partial charge is 0.261 e. The summed E-state index contributed by atoms with van der Waals surface area (Å²) in [5.41, 5.74) is -1.66. The largest absolute Gasteiger partial charge is 0.375 e. The molecule has 4 N–H and O–H groups in total. The maximum Gasteiger partial charge on any atom is 0.261 e. The molecule has 2 aliphatic heterocycles. The second kappa shape index (κ2) is 13.0. The van der Waals surface area contributed by atoms with Gasteiger partial charge in [-0.2, -0.15) is 0 Å². The standard InChI is InChI=1S/C17H12Cl2FNO3.C17H13Cl2NO3/c1-8-2-3-9(6-12(8)20)13(22)7-17(24)14-10(18)4-5-11(19)15(14)21-16(17)23;1-9-2-4-10(5-3-9)13(21)8-17(23)14-11(18)6-7-12(19)15(14)20-16(17)22/h2-6,24H,7H2,1H3,(H,21,23);2-7,23H,8H2,1H3,(H,20,22). The monoisotopic (exact) mass is 716 g/mol. The van der Waals surface area contributed by atoms with Crippen LogP contribution in [0.15, 0.2) is 66.7 Å². The number of rotatable bonds is 6. The highest BCUT2D eigenvalue weighted by molar-refractivity contribution is 6.39. The van der Waals surface area contributed by atoms with Crippen LogP contribution in [0.25, 0.3) is 0 Å². The lowest BCUT2D eigenvalue weighted by Gasteiger charge is -2.21. The van der Waals surface area contributed by atoms with E-state index in [0.717, 1.165) is 11.6 Å². The molecule has 0 radical (unpaired) electrons. The van der Waals surface area contributed by atoms with Crippen LogP contribution < -0.4 is 10.6 Å². The van der Waals surface area contributed by atoms with E-state index in [1.54, 1.807) is 31.2 Å². The second-order valence-electron chi connectivity index (χ2n) is 11.2. The molecule has 0 saturated carbocycles. The number of hydrogen-bond donors (Lipinski definition) is 4. The van der Waals surface area contributed by atoms with Gasteiger partial charge in [-0.05, 0) is 49.7 Å². The van der Waals surface area contributed by atoms with Crippen LogP contribution in [0.3, 0.4) is 0 Å². The Morgan fingerprint density at radius 1 is 0.660 bits per heavy atom. The van der Waals surface area contributed by atoms with Crippen molar-refractivity contribution in [3.8, 4) is 0 Å². The molecule has 2 aliphatic rings. The lowest BCUT2D eigenvalue weighted by atomic mass is 9.88.